The molecule has 0 saturated heterocycles. The van der Waals surface area contributed by atoms with Crippen LogP contribution in [0.2, 0.25) is 0 Å². The van der Waals surface area contributed by atoms with E-state index in [0.29, 0.717) is 35.3 Å². The number of rotatable bonds is 11. The van der Waals surface area contributed by atoms with E-state index in [2.05, 4.69) is 16.9 Å². The molecule has 1 aromatic heterocycles. The first-order valence-corrected chi connectivity index (χ1v) is 14.1. The highest BCUT2D eigenvalue weighted by atomic mass is 32.2. The van der Waals surface area contributed by atoms with Crippen LogP contribution in [0.1, 0.15) is 36.1 Å². The van der Waals surface area contributed by atoms with Gasteiger partial charge < -0.3 is 19.7 Å². The van der Waals surface area contributed by atoms with Crippen molar-refractivity contribution in [3.63, 3.8) is 0 Å². The Balaban J connectivity index is 1.42. The van der Waals surface area contributed by atoms with Crippen molar-refractivity contribution in [3.8, 4) is 5.75 Å². The lowest BCUT2D eigenvalue weighted by Gasteiger charge is -2.36. The lowest BCUT2D eigenvalue weighted by molar-refractivity contribution is -0.138. The van der Waals surface area contributed by atoms with E-state index in [1.807, 2.05) is 77.0 Å². The number of ether oxygens (including phenoxy) is 2. The molecular weight excluding hydrogens is 536 g/mol. The summed E-state index contributed by atoms with van der Waals surface area (Å²) in [4.78, 5) is 37.0. The van der Waals surface area contributed by atoms with E-state index in [1.54, 1.807) is 19.3 Å². The number of carbonyl (C=O) groups is 2. The van der Waals surface area contributed by atoms with Gasteiger partial charge in [-0.25, -0.2) is 9.79 Å². The van der Waals surface area contributed by atoms with Gasteiger partial charge in [0.2, 0.25) is 5.91 Å². The Morgan fingerprint density at radius 3 is 2.66 bits per heavy atom. The molecule has 3 aromatic rings. The Labute approximate surface area is 243 Å². The molecule has 0 aliphatic carbocycles. The zero-order valence-corrected chi connectivity index (χ0v) is 23.5. The lowest BCUT2D eigenvalue weighted by atomic mass is 9.93. The van der Waals surface area contributed by atoms with Crippen molar-refractivity contribution in [1.29, 1.82) is 0 Å². The molecule has 1 amide bonds. The van der Waals surface area contributed by atoms with Crippen molar-refractivity contribution in [3.05, 3.63) is 131 Å². The topological polar surface area (TPSA) is 93.1 Å². The van der Waals surface area contributed by atoms with Crippen LogP contribution in [0.15, 0.2) is 119 Å². The molecule has 41 heavy (non-hydrogen) atoms. The number of esters is 1. The number of nitrogens with one attached hydrogen (secondary N) is 1. The van der Waals surface area contributed by atoms with Crippen molar-refractivity contribution in [2.45, 2.75) is 32.5 Å². The Hall–Kier alpha value is -4.63. The first kappa shape index (κ1) is 27.9. The third-order valence-corrected chi connectivity index (χ3v) is 7.44. The molecule has 2 aliphatic heterocycles. The van der Waals surface area contributed by atoms with Crippen molar-refractivity contribution in [2.75, 3.05) is 6.61 Å². The van der Waals surface area contributed by atoms with E-state index >= 15 is 0 Å². The first-order valence-electron chi connectivity index (χ1n) is 13.2. The number of benzene rings is 2. The number of fused-ring (bicyclic) bond motifs is 1. The van der Waals surface area contributed by atoms with Gasteiger partial charge in [-0.3, -0.25) is 9.78 Å². The second-order valence-corrected chi connectivity index (χ2v) is 10.3. The van der Waals surface area contributed by atoms with Crippen molar-refractivity contribution in [1.82, 2.24) is 15.2 Å². The second-order valence-electron chi connectivity index (χ2n) is 9.44. The molecule has 9 heteroatoms. The van der Waals surface area contributed by atoms with Crippen LogP contribution >= 0.6 is 11.8 Å². The smallest absolute Gasteiger partial charge is 0.338 e. The number of aliphatic imine (C=N–C) groups is 1. The number of hydrogen-bond acceptors (Lipinski definition) is 8. The second kappa shape index (κ2) is 13.1. The van der Waals surface area contributed by atoms with Crippen molar-refractivity contribution >= 4 is 28.8 Å². The molecular formula is C32H30N4O4S. The molecule has 2 aliphatic rings. The number of thioether (sulfide) groups is 1. The number of carbonyl (C=O) groups excluding carboxylic acids is 2. The summed E-state index contributed by atoms with van der Waals surface area (Å²) in [6.45, 7) is 6.34. The number of pyridine rings is 1. The minimum absolute atomic E-state index is 0.0774. The van der Waals surface area contributed by atoms with Gasteiger partial charge in [0.15, 0.2) is 5.17 Å². The fraction of sp³-hybridized carbons (Fsp3) is 0.188. The first-order chi connectivity index (χ1) is 20.0. The highest BCUT2D eigenvalue weighted by Gasteiger charge is 2.41. The van der Waals surface area contributed by atoms with Gasteiger partial charge in [0, 0.05) is 24.6 Å². The van der Waals surface area contributed by atoms with Crippen molar-refractivity contribution < 1.29 is 19.1 Å². The predicted octanol–water partition coefficient (Wildman–Crippen LogP) is 5.67. The third-order valence-electron chi connectivity index (χ3n) is 6.56. The lowest BCUT2D eigenvalue weighted by Crippen LogP contribution is -2.38. The van der Waals surface area contributed by atoms with E-state index in [0.717, 1.165) is 22.4 Å². The van der Waals surface area contributed by atoms with Crippen LogP contribution in [0.3, 0.4) is 0 Å². The average molecular weight is 567 g/mol. The number of aromatic nitrogens is 1. The Morgan fingerprint density at radius 2 is 1.88 bits per heavy atom. The summed E-state index contributed by atoms with van der Waals surface area (Å²) in [7, 11) is 0. The summed E-state index contributed by atoms with van der Waals surface area (Å²) < 4.78 is 11.6. The van der Waals surface area contributed by atoms with Crippen LogP contribution in [0.5, 0.6) is 5.75 Å². The maximum atomic E-state index is 13.4. The van der Waals surface area contributed by atoms with E-state index in [1.165, 1.54) is 17.8 Å². The van der Waals surface area contributed by atoms with Crippen LogP contribution < -0.4 is 10.1 Å². The highest BCUT2D eigenvalue weighted by molar-refractivity contribution is 8.16. The van der Waals surface area contributed by atoms with Crippen molar-refractivity contribution in [2.24, 2.45) is 4.99 Å². The summed E-state index contributed by atoms with van der Waals surface area (Å²) in [6, 6.07) is 20.7. The summed E-state index contributed by atoms with van der Waals surface area (Å²) in [5.74, 6) is 0.0409. The Bertz CT molecular complexity index is 1520. The van der Waals surface area contributed by atoms with Gasteiger partial charge in [0.05, 0.1) is 23.7 Å². The van der Waals surface area contributed by atoms with Gasteiger partial charge in [-0.2, -0.15) is 0 Å². The van der Waals surface area contributed by atoms with Gasteiger partial charge in [-0.15, -0.1) is 0 Å². The number of amides is 1. The van der Waals surface area contributed by atoms with Crippen LogP contribution in [0.25, 0.3) is 0 Å². The van der Waals surface area contributed by atoms with E-state index in [9.17, 15) is 9.59 Å². The van der Waals surface area contributed by atoms with Crippen LogP contribution in [-0.4, -0.2) is 33.5 Å². The maximum Gasteiger partial charge on any atom is 0.338 e. The number of nitrogens with zero attached hydrogens (tertiary/aromatic N) is 3. The molecule has 0 spiro atoms. The molecule has 2 aromatic carbocycles. The summed E-state index contributed by atoms with van der Waals surface area (Å²) in [6.07, 6.45) is 5.03. The minimum atomic E-state index is -0.561. The largest absolute Gasteiger partial charge is 0.489 e. The Kier molecular flexibility index (Phi) is 8.95. The quantitative estimate of drug-likeness (QED) is 0.236. The molecule has 0 unspecified atom stereocenters. The van der Waals surface area contributed by atoms with Gasteiger partial charge in [-0.1, -0.05) is 66.9 Å². The molecule has 0 radical (unpaired) electrons. The molecule has 0 saturated carbocycles. The standard InChI is InChI=1S/C32H30N4O4S/c1-3-16-39-31(38)29-22(2)35-32-36(26(21-41-32)18-28(37)34-19-23-12-14-33-15-13-23)30(29)25-10-7-11-27(17-25)40-20-24-8-5-4-6-9-24/h3-15,17,21,30H,1,16,18-20H2,2H3,(H,34,37)/t30-/m1/s1. The van der Waals surface area contributed by atoms with Gasteiger partial charge >= 0.3 is 5.97 Å². The van der Waals surface area contributed by atoms with Crippen LogP contribution in [0, 0.1) is 0 Å². The summed E-state index contributed by atoms with van der Waals surface area (Å²) >= 11 is 1.43. The SMILES string of the molecule is C=CCOC(=O)C1=C(C)N=C2SC=C(CC(=O)NCc3ccncc3)N2[C@@H]1c1cccc(OCc2ccccc2)c1. The third kappa shape index (κ3) is 6.75. The molecule has 208 valence electrons. The molecule has 3 heterocycles. The van der Waals surface area contributed by atoms with Gasteiger partial charge in [0.25, 0.3) is 0 Å². The van der Waals surface area contributed by atoms with Crippen LogP contribution in [0.4, 0.5) is 0 Å². The minimum Gasteiger partial charge on any atom is -0.489 e. The fourth-order valence-electron chi connectivity index (χ4n) is 4.60. The zero-order chi connectivity index (χ0) is 28.6. The molecule has 5 rings (SSSR count). The summed E-state index contributed by atoms with van der Waals surface area (Å²) in [5.41, 5.74) is 4.53. The van der Waals surface area contributed by atoms with Gasteiger partial charge in [-0.05, 0) is 53.3 Å². The maximum absolute atomic E-state index is 13.4. The fourth-order valence-corrected chi connectivity index (χ4v) is 5.57. The molecule has 0 bridgehead atoms. The van der Waals surface area contributed by atoms with Crippen LogP contribution in [-0.2, 0) is 27.5 Å². The van der Waals surface area contributed by atoms with E-state index in [4.69, 9.17) is 14.5 Å². The number of amidine groups is 1. The normalized spacial score (nSPS) is 15.9. The molecule has 1 N–H and O–H groups in total. The number of allylic oxidation sites excluding steroid dienone is 1. The summed E-state index contributed by atoms with van der Waals surface area (Å²) in [5, 5.41) is 5.58. The molecule has 0 fully saturated rings. The highest BCUT2D eigenvalue weighted by Crippen LogP contribution is 2.45. The Morgan fingerprint density at radius 1 is 1.07 bits per heavy atom. The molecule has 8 nitrogen and oxygen atoms in total. The monoisotopic (exact) mass is 566 g/mol. The average Bonchev–Trinajstić information content (AvgIpc) is 3.39. The zero-order valence-electron chi connectivity index (χ0n) is 22.7. The molecule has 1 atom stereocenters. The van der Waals surface area contributed by atoms with E-state index in [-0.39, 0.29) is 18.9 Å². The van der Waals surface area contributed by atoms with Gasteiger partial charge in [0.1, 0.15) is 19.0 Å². The number of hydrogen-bond donors (Lipinski definition) is 1. The van der Waals surface area contributed by atoms with E-state index < -0.39 is 12.0 Å². The predicted molar refractivity (Wildman–Crippen MR) is 159 cm³/mol.